The molecule has 1 saturated heterocycles. The van der Waals surface area contributed by atoms with Crippen molar-refractivity contribution in [1.82, 2.24) is 10.2 Å². The molecular weight excluding hydrogens is 316 g/mol. The Kier molecular flexibility index (Phi) is 4.61. The van der Waals surface area contributed by atoms with Crippen molar-refractivity contribution in [2.24, 2.45) is 11.8 Å². The maximum atomic E-state index is 12.2. The van der Waals surface area contributed by atoms with Gasteiger partial charge in [0.05, 0.1) is 0 Å². The molecule has 2 saturated carbocycles. The maximum Gasteiger partial charge on any atom is 0.319 e. The van der Waals surface area contributed by atoms with E-state index in [0.29, 0.717) is 5.69 Å². The number of carbonyl (C=O) groups excluding carboxylic acids is 2. The maximum absolute atomic E-state index is 12.2. The molecule has 6 nitrogen and oxygen atoms in total. The van der Waals surface area contributed by atoms with Crippen LogP contribution in [0.4, 0.5) is 16.2 Å². The van der Waals surface area contributed by atoms with Crippen LogP contribution in [-0.4, -0.2) is 42.5 Å². The highest BCUT2D eigenvalue weighted by atomic mass is 16.2. The van der Waals surface area contributed by atoms with Gasteiger partial charge in [-0.25, -0.2) is 4.79 Å². The average Bonchev–Trinajstić information content (AvgIpc) is 3.48. The van der Waals surface area contributed by atoms with E-state index in [4.69, 9.17) is 0 Å². The highest BCUT2D eigenvalue weighted by Gasteiger charge is 2.30. The quantitative estimate of drug-likeness (QED) is 0.744. The zero-order valence-electron chi connectivity index (χ0n) is 14.5. The highest BCUT2D eigenvalue weighted by molar-refractivity contribution is 5.95. The molecule has 2 aliphatic carbocycles. The summed E-state index contributed by atoms with van der Waals surface area (Å²) in [4.78, 5) is 26.5. The predicted molar refractivity (Wildman–Crippen MR) is 97.5 cm³/mol. The molecule has 3 amide bonds. The lowest BCUT2D eigenvalue weighted by molar-refractivity contribution is -0.117. The Morgan fingerprint density at radius 1 is 1.04 bits per heavy atom. The number of rotatable bonds is 6. The normalized spacial score (nSPS) is 23.3. The van der Waals surface area contributed by atoms with Gasteiger partial charge in [0.25, 0.3) is 0 Å². The molecule has 0 radical (unpaired) electrons. The van der Waals surface area contributed by atoms with E-state index < -0.39 is 0 Å². The van der Waals surface area contributed by atoms with Crippen molar-refractivity contribution in [3.05, 3.63) is 24.3 Å². The molecule has 4 rings (SSSR count). The van der Waals surface area contributed by atoms with Crippen molar-refractivity contribution in [3.8, 4) is 0 Å². The number of hydrogen-bond acceptors (Lipinski definition) is 3. The van der Waals surface area contributed by atoms with Crippen molar-refractivity contribution < 1.29 is 9.59 Å². The van der Waals surface area contributed by atoms with Crippen molar-refractivity contribution in [2.45, 2.75) is 38.1 Å². The molecule has 0 spiro atoms. The Balaban J connectivity index is 1.25. The molecule has 134 valence electrons. The predicted octanol–water partition coefficient (Wildman–Crippen LogP) is 2.64. The number of carbonyl (C=O) groups is 2. The standard InChI is InChI=1S/C19H26N4O2/c24-18(14-6-7-14)20-15-2-1-3-16(10-15)21-19(25)22-17-8-9-23(12-17)11-13-4-5-13/h1-3,10,13-14,17H,4-9,11-12H2,(H,20,24)(H2,21,22,25). The van der Waals surface area contributed by atoms with Crippen LogP contribution in [0, 0.1) is 11.8 Å². The van der Waals surface area contributed by atoms with Crippen molar-refractivity contribution in [1.29, 1.82) is 0 Å². The Morgan fingerprint density at radius 2 is 1.80 bits per heavy atom. The second-order valence-corrected chi connectivity index (χ2v) is 7.63. The van der Waals surface area contributed by atoms with Gasteiger partial charge >= 0.3 is 6.03 Å². The summed E-state index contributed by atoms with van der Waals surface area (Å²) >= 11 is 0. The molecule has 1 atom stereocenters. The van der Waals surface area contributed by atoms with Crippen LogP contribution in [0.25, 0.3) is 0 Å². The second kappa shape index (κ2) is 7.04. The Bertz CT molecular complexity index is 655. The van der Waals surface area contributed by atoms with Gasteiger partial charge in [-0.05, 0) is 56.2 Å². The van der Waals surface area contributed by atoms with Gasteiger partial charge in [-0.3, -0.25) is 4.79 Å². The first-order valence-electron chi connectivity index (χ1n) is 9.36. The third kappa shape index (κ3) is 4.72. The number of likely N-dealkylation sites (tertiary alicyclic amines) is 1. The fraction of sp³-hybridized carbons (Fsp3) is 0.579. The summed E-state index contributed by atoms with van der Waals surface area (Å²) in [7, 11) is 0. The van der Waals surface area contributed by atoms with Crippen LogP contribution in [-0.2, 0) is 4.79 Å². The molecule has 25 heavy (non-hydrogen) atoms. The summed E-state index contributed by atoms with van der Waals surface area (Å²) in [6, 6.07) is 7.36. The minimum Gasteiger partial charge on any atom is -0.334 e. The fourth-order valence-electron chi connectivity index (χ4n) is 3.40. The summed E-state index contributed by atoms with van der Waals surface area (Å²) in [5, 5.41) is 8.84. The number of benzene rings is 1. The van der Waals surface area contributed by atoms with Crippen molar-refractivity contribution >= 4 is 23.3 Å². The van der Waals surface area contributed by atoms with Gasteiger partial charge in [0.2, 0.25) is 5.91 Å². The molecule has 3 fully saturated rings. The average molecular weight is 342 g/mol. The van der Waals surface area contributed by atoms with E-state index in [1.807, 2.05) is 18.2 Å². The van der Waals surface area contributed by atoms with Crippen LogP contribution in [0.2, 0.25) is 0 Å². The summed E-state index contributed by atoms with van der Waals surface area (Å²) in [5.41, 5.74) is 1.42. The molecule has 3 N–H and O–H groups in total. The number of anilines is 2. The SMILES string of the molecule is O=C(Nc1cccc(NC(=O)C2CC2)c1)NC1CCN(CC2CC2)C1. The van der Waals surface area contributed by atoms with Gasteiger partial charge < -0.3 is 20.9 Å². The van der Waals surface area contributed by atoms with Crippen LogP contribution < -0.4 is 16.0 Å². The molecule has 1 aliphatic heterocycles. The first-order valence-corrected chi connectivity index (χ1v) is 9.36. The highest BCUT2D eigenvalue weighted by Crippen LogP contribution is 2.31. The summed E-state index contributed by atoms with van der Waals surface area (Å²) in [6.45, 7) is 3.20. The number of hydrogen-bond donors (Lipinski definition) is 3. The number of urea groups is 1. The molecule has 0 bridgehead atoms. The van der Waals surface area contributed by atoms with E-state index in [0.717, 1.165) is 44.0 Å². The molecule has 1 aromatic carbocycles. The second-order valence-electron chi connectivity index (χ2n) is 7.63. The van der Waals surface area contributed by atoms with E-state index in [9.17, 15) is 9.59 Å². The Hall–Kier alpha value is -2.08. The lowest BCUT2D eigenvalue weighted by Crippen LogP contribution is -2.39. The molecule has 6 heteroatoms. The first-order chi connectivity index (χ1) is 12.2. The first kappa shape index (κ1) is 16.4. The summed E-state index contributed by atoms with van der Waals surface area (Å²) in [5.74, 6) is 1.13. The molecule has 3 aliphatic rings. The third-order valence-corrected chi connectivity index (χ3v) is 5.16. The van der Waals surface area contributed by atoms with Gasteiger partial charge in [-0.1, -0.05) is 6.07 Å². The number of nitrogens with one attached hydrogen (secondary N) is 3. The van der Waals surface area contributed by atoms with E-state index in [-0.39, 0.29) is 23.9 Å². The zero-order chi connectivity index (χ0) is 17.2. The smallest absolute Gasteiger partial charge is 0.319 e. The Morgan fingerprint density at radius 3 is 2.52 bits per heavy atom. The van der Waals surface area contributed by atoms with Crippen LogP contribution in [0.1, 0.15) is 32.1 Å². The van der Waals surface area contributed by atoms with E-state index in [1.54, 1.807) is 6.07 Å². The molecule has 1 heterocycles. The van der Waals surface area contributed by atoms with Crippen LogP contribution >= 0.6 is 0 Å². The minimum atomic E-state index is -0.177. The fourth-order valence-corrected chi connectivity index (χ4v) is 3.40. The largest absolute Gasteiger partial charge is 0.334 e. The number of nitrogens with zero attached hydrogens (tertiary/aromatic N) is 1. The van der Waals surface area contributed by atoms with Crippen LogP contribution in [0.3, 0.4) is 0 Å². The lowest BCUT2D eigenvalue weighted by atomic mass is 10.2. The molecule has 0 aromatic heterocycles. The number of amides is 3. The van der Waals surface area contributed by atoms with E-state index >= 15 is 0 Å². The van der Waals surface area contributed by atoms with Gasteiger partial charge in [-0.2, -0.15) is 0 Å². The van der Waals surface area contributed by atoms with Crippen LogP contribution in [0.5, 0.6) is 0 Å². The van der Waals surface area contributed by atoms with Crippen molar-refractivity contribution in [3.63, 3.8) is 0 Å². The minimum absolute atomic E-state index is 0.0725. The van der Waals surface area contributed by atoms with Gasteiger partial charge in [0.15, 0.2) is 0 Å². The van der Waals surface area contributed by atoms with Crippen LogP contribution in [0.15, 0.2) is 24.3 Å². The molecular formula is C19H26N4O2. The van der Waals surface area contributed by atoms with Gasteiger partial charge in [0.1, 0.15) is 0 Å². The molecule has 1 aromatic rings. The zero-order valence-corrected chi connectivity index (χ0v) is 14.5. The summed E-state index contributed by atoms with van der Waals surface area (Å²) < 4.78 is 0. The third-order valence-electron chi connectivity index (χ3n) is 5.16. The lowest BCUT2D eigenvalue weighted by Gasteiger charge is -2.16. The van der Waals surface area contributed by atoms with E-state index in [1.165, 1.54) is 19.4 Å². The topological polar surface area (TPSA) is 73.5 Å². The monoisotopic (exact) mass is 342 g/mol. The van der Waals surface area contributed by atoms with Gasteiger partial charge in [0, 0.05) is 43.0 Å². The van der Waals surface area contributed by atoms with E-state index in [2.05, 4.69) is 20.9 Å². The Labute approximate surface area is 148 Å². The van der Waals surface area contributed by atoms with Crippen molar-refractivity contribution in [2.75, 3.05) is 30.3 Å². The summed E-state index contributed by atoms with van der Waals surface area (Å²) in [6.07, 6.45) is 5.69. The van der Waals surface area contributed by atoms with Gasteiger partial charge in [-0.15, -0.1) is 0 Å². The molecule has 1 unspecified atom stereocenters.